The molecule has 3 nitrogen and oxygen atoms in total. The van der Waals surface area contributed by atoms with Gasteiger partial charge in [-0.05, 0) is 37.1 Å². The topological polar surface area (TPSA) is 38.3 Å². The summed E-state index contributed by atoms with van der Waals surface area (Å²) in [5.74, 6) is -0.367. The molecule has 0 saturated heterocycles. The Kier molecular flexibility index (Phi) is 4.17. The molecular weight excluding hydrogens is 306 g/mol. The molecule has 2 heterocycles. The number of rotatable bonds is 3. The van der Waals surface area contributed by atoms with Crippen LogP contribution in [0.2, 0.25) is 4.34 Å². The highest BCUT2D eigenvalue weighted by molar-refractivity contribution is 7.16. The third-order valence-electron chi connectivity index (χ3n) is 3.60. The average Bonchev–Trinajstić information content (AvgIpc) is 2.89. The van der Waals surface area contributed by atoms with Gasteiger partial charge in [-0.25, -0.2) is 0 Å². The summed E-state index contributed by atoms with van der Waals surface area (Å²) in [4.78, 5) is 13.4. The minimum absolute atomic E-state index is 0.166. The largest absolute Gasteiger partial charge is 0.459 e. The molecule has 3 rings (SSSR count). The maximum Gasteiger partial charge on any atom is 0.313 e. The number of nitrogens with one attached hydrogen (secondary N) is 1. The van der Waals surface area contributed by atoms with Crippen molar-refractivity contribution in [3.8, 4) is 0 Å². The Bertz CT molecular complexity index is 655. The number of thiophene rings is 1. The Morgan fingerprint density at radius 2 is 2.19 bits per heavy atom. The van der Waals surface area contributed by atoms with E-state index in [1.165, 1.54) is 11.3 Å². The van der Waals surface area contributed by atoms with Crippen LogP contribution in [-0.2, 0) is 16.1 Å². The molecule has 1 N–H and O–H groups in total. The van der Waals surface area contributed by atoms with Gasteiger partial charge in [-0.3, -0.25) is 4.79 Å². The van der Waals surface area contributed by atoms with E-state index in [1.54, 1.807) is 0 Å². The smallest absolute Gasteiger partial charge is 0.313 e. The monoisotopic (exact) mass is 321 g/mol. The molecule has 21 heavy (non-hydrogen) atoms. The average molecular weight is 322 g/mol. The van der Waals surface area contributed by atoms with Crippen LogP contribution in [0, 0.1) is 0 Å². The minimum Gasteiger partial charge on any atom is -0.459 e. The van der Waals surface area contributed by atoms with Crippen molar-refractivity contribution in [1.82, 2.24) is 0 Å². The number of halogens is 1. The molecule has 0 aliphatic carbocycles. The number of anilines is 1. The van der Waals surface area contributed by atoms with Crippen LogP contribution in [-0.4, -0.2) is 12.0 Å². The van der Waals surface area contributed by atoms with Crippen LogP contribution < -0.4 is 5.32 Å². The molecule has 2 atom stereocenters. The van der Waals surface area contributed by atoms with Gasteiger partial charge in [0.1, 0.15) is 6.61 Å². The lowest BCUT2D eigenvalue weighted by molar-refractivity contribution is -0.147. The Hall–Kier alpha value is -1.52. The summed E-state index contributed by atoms with van der Waals surface area (Å²) in [6.45, 7) is 2.37. The molecule has 0 radical (unpaired) electrons. The van der Waals surface area contributed by atoms with Gasteiger partial charge in [0, 0.05) is 16.6 Å². The second-order valence-corrected chi connectivity index (χ2v) is 7.03. The van der Waals surface area contributed by atoms with E-state index in [0.717, 1.165) is 22.5 Å². The summed E-state index contributed by atoms with van der Waals surface area (Å²) in [5.41, 5.74) is 2.04. The molecule has 0 saturated carbocycles. The summed E-state index contributed by atoms with van der Waals surface area (Å²) in [5, 5.41) is 3.40. The fourth-order valence-electron chi connectivity index (χ4n) is 2.63. The van der Waals surface area contributed by atoms with Crippen LogP contribution in [0.5, 0.6) is 0 Å². The molecule has 5 heteroatoms. The predicted molar refractivity (Wildman–Crippen MR) is 86.0 cm³/mol. The lowest BCUT2D eigenvalue weighted by atomic mass is 9.87. The van der Waals surface area contributed by atoms with Crippen LogP contribution in [0.25, 0.3) is 0 Å². The van der Waals surface area contributed by atoms with Gasteiger partial charge < -0.3 is 10.1 Å². The van der Waals surface area contributed by atoms with E-state index >= 15 is 0 Å². The fourth-order valence-corrected chi connectivity index (χ4v) is 3.63. The lowest BCUT2D eigenvalue weighted by Crippen LogP contribution is -2.30. The summed E-state index contributed by atoms with van der Waals surface area (Å²) in [6, 6.07) is 11.9. The second-order valence-electron chi connectivity index (χ2n) is 5.23. The number of fused-ring (bicyclic) bond motifs is 1. The van der Waals surface area contributed by atoms with Crippen molar-refractivity contribution in [3.63, 3.8) is 0 Å². The number of ether oxygens (including phenoxy) is 1. The molecule has 110 valence electrons. The summed E-state index contributed by atoms with van der Waals surface area (Å²) < 4.78 is 6.18. The fraction of sp³-hybridized carbons (Fsp3) is 0.312. The summed E-state index contributed by atoms with van der Waals surface area (Å²) >= 11 is 7.32. The van der Waals surface area contributed by atoms with Crippen molar-refractivity contribution < 1.29 is 9.53 Å². The maximum absolute atomic E-state index is 12.4. The van der Waals surface area contributed by atoms with Crippen molar-refractivity contribution in [2.24, 2.45) is 0 Å². The van der Waals surface area contributed by atoms with Gasteiger partial charge in [0.05, 0.1) is 10.3 Å². The maximum atomic E-state index is 12.4. The van der Waals surface area contributed by atoms with Gasteiger partial charge >= 0.3 is 5.97 Å². The first kappa shape index (κ1) is 14.4. The molecule has 0 amide bonds. The van der Waals surface area contributed by atoms with Crippen LogP contribution in [0.4, 0.5) is 5.69 Å². The zero-order chi connectivity index (χ0) is 14.8. The van der Waals surface area contributed by atoms with Gasteiger partial charge in [0.25, 0.3) is 0 Å². The number of carbonyl (C=O) groups excluding carboxylic acids is 1. The SMILES string of the molecule is C[C@@H]1C[C@@H](C(=O)OCc2ccc(Cl)s2)c2ccccc2N1. The third kappa shape index (κ3) is 3.22. The first-order valence-corrected chi connectivity index (χ1v) is 8.09. The van der Waals surface area contributed by atoms with Crippen LogP contribution >= 0.6 is 22.9 Å². The first-order valence-electron chi connectivity index (χ1n) is 6.90. The molecule has 1 aliphatic rings. The molecule has 0 unspecified atom stereocenters. The van der Waals surface area contributed by atoms with Crippen LogP contribution in [0.3, 0.4) is 0 Å². The van der Waals surface area contributed by atoms with Crippen molar-refractivity contribution in [3.05, 3.63) is 51.2 Å². The van der Waals surface area contributed by atoms with Crippen molar-refractivity contribution in [1.29, 1.82) is 0 Å². The number of carbonyl (C=O) groups is 1. The van der Waals surface area contributed by atoms with Crippen LogP contribution in [0.15, 0.2) is 36.4 Å². The summed E-state index contributed by atoms with van der Waals surface area (Å²) in [7, 11) is 0. The lowest BCUT2D eigenvalue weighted by Gasteiger charge is -2.29. The molecule has 1 aromatic carbocycles. The standard InChI is InChI=1S/C16H16ClNO2S/c1-10-8-13(12-4-2-3-5-14(12)18-10)16(19)20-9-11-6-7-15(17)21-11/h2-7,10,13,18H,8-9H2,1H3/t10-,13-/m1/s1. The molecule has 0 bridgehead atoms. The molecule has 0 spiro atoms. The number of benzene rings is 1. The van der Waals surface area contributed by atoms with E-state index in [1.807, 2.05) is 36.4 Å². The van der Waals surface area contributed by atoms with Gasteiger partial charge in [-0.15, -0.1) is 11.3 Å². The number of hydrogen-bond acceptors (Lipinski definition) is 4. The Labute approximate surface area is 132 Å². The second kappa shape index (κ2) is 6.08. The van der Waals surface area contributed by atoms with Crippen molar-refractivity contribution in [2.45, 2.75) is 31.9 Å². The van der Waals surface area contributed by atoms with Gasteiger partial charge in [0.2, 0.25) is 0 Å². The summed E-state index contributed by atoms with van der Waals surface area (Å²) in [6.07, 6.45) is 0.751. The van der Waals surface area contributed by atoms with E-state index in [-0.39, 0.29) is 24.5 Å². The van der Waals surface area contributed by atoms with Gasteiger partial charge in [-0.2, -0.15) is 0 Å². The van der Waals surface area contributed by atoms with Crippen molar-refractivity contribution in [2.75, 3.05) is 5.32 Å². The Morgan fingerprint density at radius 3 is 2.95 bits per heavy atom. The normalized spacial score (nSPS) is 20.5. The van der Waals surface area contributed by atoms with E-state index in [0.29, 0.717) is 4.34 Å². The zero-order valence-electron chi connectivity index (χ0n) is 11.6. The van der Waals surface area contributed by atoms with Crippen molar-refractivity contribution >= 4 is 34.6 Å². The minimum atomic E-state index is -0.201. The van der Waals surface area contributed by atoms with E-state index in [2.05, 4.69) is 12.2 Å². The van der Waals surface area contributed by atoms with E-state index in [4.69, 9.17) is 16.3 Å². The van der Waals surface area contributed by atoms with E-state index in [9.17, 15) is 4.79 Å². The molecule has 1 aliphatic heterocycles. The highest BCUT2D eigenvalue weighted by atomic mass is 35.5. The highest BCUT2D eigenvalue weighted by Crippen LogP contribution is 2.35. The Balaban J connectivity index is 1.72. The van der Waals surface area contributed by atoms with Gasteiger partial charge in [0.15, 0.2) is 0 Å². The zero-order valence-corrected chi connectivity index (χ0v) is 13.2. The van der Waals surface area contributed by atoms with Crippen LogP contribution in [0.1, 0.15) is 29.7 Å². The third-order valence-corrected chi connectivity index (χ3v) is 4.80. The quantitative estimate of drug-likeness (QED) is 0.850. The number of hydrogen-bond donors (Lipinski definition) is 1. The number of para-hydroxylation sites is 1. The molecule has 0 fully saturated rings. The van der Waals surface area contributed by atoms with Gasteiger partial charge in [-0.1, -0.05) is 29.8 Å². The number of esters is 1. The Morgan fingerprint density at radius 1 is 1.38 bits per heavy atom. The molecular formula is C16H16ClNO2S. The predicted octanol–water partition coefficient (Wildman–Crippen LogP) is 4.43. The molecule has 2 aromatic rings. The van der Waals surface area contributed by atoms with E-state index < -0.39 is 0 Å². The first-order chi connectivity index (χ1) is 10.1. The molecule has 1 aromatic heterocycles. The highest BCUT2D eigenvalue weighted by Gasteiger charge is 2.30.